The number of hydrogen-bond donors (Lipinski definition) is 1. The van der Waals surface area contributed by atoms with Crippen molar-refractivity contribution in [1.82, 2.24) is 15.0 Å². The molecular formula is C10H12N4. The molecule has 0 aliphatic carbocycles. The number of rotatable bonds is 2. The molecule has 0 aliphatic heterocycles. The minimum atomic E-state index is 0.445. The Balaban J connectivity index is 2.49. The van der Waals surface area contributed by atoms with Gasteiger partial charge in [0.2, 0.25) is 0 Å². The van der Waals surface area contributed by atoms with Gasteiger partial charge < -0.3 is 5.73 Å². The van der Waals surface area contributed by atoms with E-state index in [4.69, 9.17) is 5.73 Å². The fraction of sp³-hybridized carbons (Fsp3) is 0.200. The minimum Gasteiger partial charge on any atom is -0.325 e. The van der Waals surface area contributed by atoms with Crippen LogP contribution < -0.4 is 5.73 Å². The predicted molar refractivity (Wildman–Crippen MR) is 54.0 cm³/mol. The average Bonchev–Trinajstić information content (AvgIpc) is 2.65. The largest absolute Gasteiger partial charge is 0.325 e. The van der Waals surface area contributed by atoms with Crippen molar-refractivity contribution < 1.29 is 0 Å². The molecule has 0 atom stereocenters. The van der Waals surface area contributed by atoms with E-state index in [1.807, 2.05) is 31.2 Å². The van der Waals surface area contributed by atoms with Crippen LogP contribution in [0.3, 0.4) is 0 Å². The maximum atomic E-state index is 5.57. The molecule has 0 saturated carbocycles. The van der Waals surface area contributed by atoms with Crippen molar-refractivity contribution in [1.29, 1.82) is 0 Å². The Hall–Kier alpha value is -1.68. The van der Waals surface area contributed by atoms with Crippen molar-refractivity contribution in [3.63, 3.8) is 0 Å². The van der Waals surface area contributed by atoms with Gasteiger partial charge in [0.15, 0.2) is 0 Å². The summed E-state index contributed by atoms with van der Waals surface area (Å²) in [5.74, 6) is 0. The van der Waals surface area contributed by atoms with E-state index in [2.05, 4.69) is 10.3 Å². The molecule has 1 heterocycles. The SMILES string of the molecule is Cc1cccc(-n2nncc2CN)c1. The molecule has 0 bridgehead atoms. The second-order valence-corrected chi connectivity index (χ2v) is 3.18. The first-order valence-electron chi connectivity index (χ1n) is 4.48. The van der Waals surface area contributed by atoms with Gasteiger partial charge in [0.05, 0.1) is 17.6 Å². The molecule has 2 rings (SSSR count). The fourth-order valence-electron chi connectivity index (χ4n) is 1.37. The molecule has 0 fully saturated rings. The predicted octanol–water partition coefficient (Wildman–Crippen LogP) is 1.03. The molecule has 4 nitrogen and oxygen atoms in total. The summed E-state index contributed by atoms with van der Waals surface area (Å²) in [4.78, 5) is 0. The van der Waals surface area contributed by atoms with E-state index >= 15 is 0 Å². The fourth-order valence-corrected chi connectivity index (χ4v) is 1.37. The first kappa shape index (κ1) is 8.90. The Bertz CT molecular complexity index is 433. The summed E-state index contributed by atoms with van der Waals surface area (Å²) in [6, 6.07) is 8.07. The van der Waals surface area contributed by atoms with Crippen molar-refractivity contribution in [3.8, 4) is 5.69 Å². The first-order chi connectivity index (χ1) is 6.81. The van der Waals surface area contributed by atoms with Crippen LogP contribution in [0.4, 0.5) is 0 Å². The molecule has 0 unspecified atom stereocenters. The molecule has 2 N–H and O–H groups in total. The third-order valence-electron chi connectivity index (χ3n) is 2.08. The molecule has 2 aromatic rings. The molecular weight excluding hydrogens is 176 g/mol. The van der Waals surface area contributed by atoms with Gasteiger partial charge in [-0.1, -0.05) is 17.3 Å². The average molecular weight is 188 g/mol. The van der Waals surface area contributed by atoms with Gasteiger partial charge in [-0.2, -0.15) is 0 Å². The van der Waals surface area contributed by atoms with Gasteiger partial charge in [-0.25, -0.2) is 4.68 Å². The van der Waals surface area contributed by atoms with Crippen molar-refractivity contribution in [3.05, 3.63) is 41.7 Å². The lowest BCUT2D eigenvalue weighted by Crippen LogP contribution is -2.06. The molecule has 4 heteroatoms. The van der Waals surface area contributed by atoms with Gasteiger partial charge in [-0.3, -0.25) is 0 Å². The summed E-state index contributed by atoms with van der Waals surface area (Å²) in [6.45, 7) is 2.49. The lowest BCUT2D eigenvalue weighted by molar-refractivity contribution is 0.761. The zero-order valence-electron chi connectivity index (χ0n) is 8.01. The van der Waals surface area contributed by atoms with Crippen LogP contribution in [0.5, 0.6) is 0 Å². The van der Waals surface area contributed by atoms with E-state index in [9.17, 15) is 0 Å². The Morgan fingerprint density at radius 2 is 2.29 bits per heavy atom. The number of aryl methyl sites for hydroxylation is 1. The zero-order chi connectivity index (χ0) is 9.97. The number of nitrogens with two attached hydrogens (primary N) is 1. The molecule has 0 spiro atoms. The third-order valence-corrected chi connectivity index (χ3v) is 2.08. The highest BCUT2D eigenvalue weighted by Crippen LogP contribution is 2.10. The van der Waals surface area contributed by atoms with E-state index in [1.165, 1.54) is 5.56 Å². The summed E-state index contributed by atoms with van der Waals surface area (Å²) >= 11 is 0. The summed E-state index contributed by atoms with van der Waals surface area (Å²) < 4.78 is 1.76. The maximum Gasteiger partial charge on any atom is 0.0781 e. The molecule has 0 saturated heterocycles. The van der Waals surface area contributed by atoms with Crippen LogP contribution in [0.15, 0.2) is 30.5 Å². The van der Waals surface area contributed by atoms with Crippen molar-refractivity contribution >= 4 is 0 Å². The number of benzene rings is 1. The summed E-state index contributed by atoms with van der Waals surface area (Å²) in [6.07, 6.45) is 1.68. The minimum absolute atomic E-state index is 0.445. The van der Waals surface area contributed by atoms with Gasteiger partial charge in [-0.15, -0.1) is 5.10 Å². The van der Waals surface area contributed by atoms with E-state index < -0.39 is 0 Å². The van der Waals surface area contributed by atoms with E-state index in [0.717, 1.165) is 11.4 Å². The second kappa shape index (κ2) is 3.59. The van der Waals surface area contributed by atoms with Gasteiger partial charge in [0.1, 0.15) is 0 Å². The zero-order valence-corrected chi connectivity index (χ0v) is 8.01. The highest BCUT2D eigenvalue weighted by atomic mass is 15.4. The highest BCUT2D eigenvalue weighted by Gasteiger charge is 2.03. The van der Waals surface area contributed by atoms with Gasteiger partial charge in [0, 0.05) is 6.54 Å². The summed E-state index contributed by atoms with van der Waals surface area (Å²) in [7, 11) is 0. The van der Waals surface area contributed by atoms with Crippen LogP contribution in [0.25, 0.3) is 5.69 Å². The summed E-state index contributed by atoms with van der Waals surface area (Å²) in [5, 5.41) is 7.82. The Labute approximate surface area is 82.4 Å². The third kappa shape index (κ3) is 1.52. The van der Waals surface area contributed by atoms with Gasteiger partial charge in [-0.05, 0) is 24.6 Å². The van der Waals surface area contributed by atoms with Crippen LogP contribution in [-0.4, -0.2) is 15.0 Å². The van der Waals surface area contributed by atoms with Crippen LogP contribution in [0.1, 0.15) is 11.3 Å². The van der Waals surface area contributed by atoms with Crippen LogP contribution >= 0.6 is 0 Å². The van der Waals surface area contributed by atoms with Gasteiger partial charge >= 0.3 is 0 Å². The van der Waals surface area contributed by atoms with E-state index in [-0.39, 0.29) is 0 Å². The number of nitrogens with zero attached hydrogens (tertiary/aromatic N) is 3. The Morgan fingerprint density at radius 3 is 3.00 bits per heavy atom. The van der Waals surface area contributed by atoms with Crippen molar-refractivity contribution in [2.75, 3.05) is 0 Å². The van der Waals surface area contributed by atoms with E-state index in [0.29, 0.717) is 6.54 Å². The lowest BCUT2D eigenvalue weighted by atomic mass is 10.2. The standard InChI is InChI=1S/C10H12N4/c1-8-3-2-4-9(5-8)14-10(6-11)7-12-13-14/h2-5,7H,6,11H2,1H3. The smallest absolute Gasteiger partial charge is 0.0781 e. The number of hydrogen-bond acceptors (Lipinski definition) is 3. The lowest BCUT2D eigenvalue weighted by Gasteiger charge is -2.04. The second-order valence-electron chi connectivity index (χ2n) is 3.18. The summed E-state index contributed by atoms with van der Waals surface area (Å²) in [5.41, 5.74) is 8.68. The quantitative estimate of drug-likeness (QED) is 0.766. The number of aromatic nitrogens is 3. The Kier molecular flexibility index (Phi) is 2.28. The Morgan fingerprint density at radius 1 is 1.43 bits per heavy atom. The van der Waals surface area contributed by atoms with Crippen molar-refractivity contribution in [2.45, 2.75) is 13.5 Å². The van der Waals surface area contributed by atoms with Crippen LogP contribution in [0.2, 0.25) is 0 Å². The molecule has 72 valence electrons. The van der Waals surface area contributed by atoms with E-state index in [1.54, 1.807) is 10.9 Å². The molecule has 14 heavy (non-hydrogen) atoms. The molecule has 0 amide bonds. The molecule has 0 aliphatic rings. The highest BCUT2D eigenvalue weighted by molar-refractivity contribution is 5.35. The van der Waals surface area contributed by atoms with Crippen molar-refractivity contribution in [2.24, 2.45) is 5.73 Å². The van der Waals surface area contributed by atoms with Gasteiger partial charge in [0.25, 0.3) is 0 Å². The maximum absolute atomic E-state index is 5.57. The molecule has 1 aromatic heterocycles. The van der Waals surface area contributed by atoms with Crippen LogP contribution in [0, 0.1) is 6.92 Å². The molecule has 0 radical (unpaired) electrons. The molecule has 1 aromatic carbocycles. The normalized spacial score (nSPS) is 10.4. The monoisotopic (exact) mass is 188 g/mol. The first-order valence-corrected chi connectivity index (χ1v) is 4.48. The topological polar surface area (TPSA) is 56.7 Å². The van der Waals surface area contributed by atoms with Crippen LogP contribution in [-0.2, 0) is 6.54 Å².